The molecule has 2 heterocycles. The minimum atomic E-state index is -0.631. The van der Waals surface area contributed by atoms with Crippen molar-refractivity contribution in [3.05, 3.63) is 59.3 Å². The van der Waals surface area contributed by atoms with Gasteiger partial charge in [-0.25, -0.2) is 4.98 Å². The predicted octanol–water partition coefficient (Wildman–Crippen LogP) is 1.68. The molecule has 0 unspecified atom stereocenters. The molecule has 0 bridgehead atoms. The average molecular weight is 396 g/mol. The molecule has 1 aliphatic heterocycles. The highest BCUT2D eigenvalue weighted by molar-refractivity contribution is 6.35. The fourth-order valence-corrected chi connectivity index (χ4v) is 3.34. The smallest absolute Gasteiger partial charge is 0.309 e. The first kappa shape index (κ1) is 20.8. The molecule has 3 rings (SSSR count). The topological polar surface area (TPSA) is 77.6 Å². The summed E-state index contributed by atoms with van der Waals surface area (Å²) in [5.74, 6) is -0.332. The lowest BCUT2D eigenvalue weighted by molar-refractivity contribution is -0.139. The van der Waals surface area contributed by atoms with Gasteiger partial charge in [0.05, 0.1) is 0 Å². The lowest BCUT2D eigenvalue weighted by atomic mass is 10.1. The third-order valence-corrected chi connectivity index (χ3v) is 4.87. The van der Waals surface area contributed by atoms with E-state index in [9.17, 15) is 9.59 Å². The number of nitrogens with one attached hydrogen (secondary N) is 2. The maximum Gasteiger partial charge on any atom is 0.309 e. The van der Waals surface area contributed by atoms with Crippen LogP contribution in [0.25, 0.3) is 0 Å². The van der Waals surface area contributed by atoms with E-state index in [0.29, 0.717) is 13.1 Å². The van der Waals surface area contributed by atoms with E-state index in [-0.39, 0.29) is 0 Å². The van der Waals surface area contributed by atoms with E-state index in [1.54, 1.807) is 6.20 Å². The first-order valence-electron chi connectivity index (χ1n) is 10.00. The zero-order valence-corrected chi connectivity index (χ0v) is 17.1. The highest BCUT2D eigenvalue weighted by Gasteiger charge is 2.15. The van der Waals surface area contributed by atoms with Crippen molar-refractivity contribution in [3.63, 3.8) is 0 Å². The summed E-state index contributed by atoms with van der Waals surface area (Å²) in [5.41, 5.74) is 3.09. The molecule has 2 N–H and O–H groups in total. The van der Waals surface area contributed by atoms with Crippen molar-refractivity contribution in [1.29, 1.82) is 0 Å². The first-order valence-corrected chi connectivity index (χ1v) is 10.00. The lowest BCUT2D eigenvalue weighted by Crippen LogP contribution is -2.39. The largest absolute Gasteiger partial charge is 0.357 e. The predicted molar refractivity (Wildman–Crippen MR) is 113 cm³/mol. The van der Waals surface area contributed by atoms with E-state index in [1.807, 2.05) is 50.5 Å². The maximum atomic E-state index is 12.1. The van der Waals surface area contributed by atoms with Crippen molar-refractivity contribution in [2.75, 3.05) is 32.1 Å². The molecule has 2 aromatic rings. The molecule has 2 amide bonds. The number of anilines is 1. The molecule has 7 heteroatoms. The molecule has 154 valence electrons. The van der Waals surface area contributed by atoms with Crippen molar-refractivity contribution < 1.29 is 9.59 Å². The van der Waals surface area contributed by atoms with Gasteiger partial charge in [0.15, 0.2) is 0 Å². The Kier molecular flexibility index (Phi) is 7.19. The summed E-state index contributed by atoms with van der Waals surface area (Å²) in [4.78, 5) is 32.9. The average Bonchev–Trinajstić information content (AvgIpc) is 3.26. The number of benzene rings is 1. The molecule has 29 heavy (non-hydrogen) atoms. The summed E-state index contributed by atoms with van der Waals surface area (Å²) in [6, 6.07) is 11.8. The van der Waals surface area contributed by atoms with Crippen LogP contribution in [-0.4, -0.2) is 48.9 Å². The summed E-state index contributed by atoms with van der Waals surface area (Å²) in [6.45, 7) is 3.52. The van der Waals surface area contributed by atoms with Crippen LogP contribution in [0.3, 0.4) is 0 Å². The fraction of sp³-hybridized carbons (Fsp3) is 0.409. The van der Waals surface area contributed by atoms with Gasteiger partial charge < -0.3 is 20.4 Å². The molecule has 0 saturated carbocycles. The van der Waals surface area contributed by atoms with E-state index in [0.717, 1.165) is 36.6 Å². The van der Waals surface area contributed by atoms with Crippen LogP contribution in [0.1, 0.15) is 29.5 Å². The molecule has 0 atom stereocenters. The Morgan fingerprint density at radius 1 is 0.931 bits per heavy atom. The Morgan fingerprint density at radius 2 is 1.52 bits per heavy atom. The van der Waals surface area contributed by atoms with Crippen LogP contribution < -0.4 is 15.5 Å². The van der Waals surface area contributed by atoms with Gasteiger partial charge in [0.1, 0.15) is 5.82 Å². The highest BCUT2D eigenvalue weighted by atomic mass is 16.2. The summed E-state index contributed by atoms with van der Waals surface area (Å²) in [6.07, 6.45) is 4.11. The van der Waals surface area contributed by atoms with Gasteiger partial charge in [0, 0.05) is 38.9 Å². The number of nitrogens with zero attached hydrogens (tertiary/aromatic N) is 3. The summed E-state index contributed by atoms with van der Waals surface area (Å²) in [7, 11) is 4.04. The van der Waals surface area contributed by atoms with E-state index in [2.05, 4.69) is 25.4 Å². The minimum absolute atomic E-state index is 0.300. The second-order valence-corrected chi connectivity index (χ2v) is 7.64. The SMILES string of the molecule is CN(C)Cc1ccc(CNC(=O)C(=O)NCc2ccnc(N3CCCC3)c2)cc1. The van der Waals surface area contributed by atoms with Crippen molar-refractivity contribution >= 4 is 17.6 Å². The Labute approximate surface area is 172 Å². The van der Waals surface area contributed by atoms with E-state index in [1.165, 1.54) is 18.4 Å². The van der Waals surface area contributed by atoms with Crippen molar-refractivity contribution in [2.45, 2.75) is 32.5 Å². The van der Waals surface area contributed by atoms with Crippen LogP contribution in [0.4, 0.5) is 5.82 Å². The third-order valence-electron chi connectivity index (χ3n) is 4.87. The number of pyridine rings is 1. The molecule has 1 saturated heterocycles. The molecule has 1 aliphatic rings. The normalized spacial score (nSPS) is 13.6. The molecule has 0 spiro atoms. The lowest BCUT2D eigenvalue weighted by Gasteiger charge is -2.17. The Bertz CT molecular complexity index is 829. The van der Waals surface area contributed by atoms with Gasteiger partial charge in [-0.15, -0.1) is 0 Å². The van der Waals surface area contributed by atoms with E-state index in [4.69, 9.17) is 0 Å². The maximum absolute atomic E-state index is 12.1. The Morgan fingerprint density at radius 3 is 2.14 bits per heavy atom. The van der Waals surface area contributed by atoms with Crippen molar-refractivity contribution in [3.8, 4) is 0 Å². The first-order chi connectivity index (χ1) is 14.0. The monoisotopic (exact) mass is 395 g/mol. The quantitative estimate of drug-likeness (QED) is 0.698. The fourth-order valence-electron chi connectivity index (χ4n) is 3.34. The number of hydrogen-bond donors (Lipinski definition) is 2. The number of amides is 2. The van der Waals surface area contributed by atoms with E-state index >= 15 is 0 Å². The van der Waals surface area contributed by atoms with Crippen molar-refractivity contribution in [1.82, 2.24) is 20.5 Å². The number of hydrogen-bond acceptors (Lipinski definition) is 5. The van der Waals surface area contributed by atoms with Crippen LogP contribution in [-0.2, 0) is 29.2 Å². The van der Waals surface area contributed by atoms with Gasteiger partial charge in [-0.05, 0) is 55.8 Å². The molecule has 1 fully saturated rings. The van der Waals surface area contributed by atoms with Crippen LogP contribution in [0.5, 0.6) is 0 Å². The standard InChI is InChI=1S/C22H29N5O2/c1-26(2)16-18-7-5-17(6-8-18)14-24-21(28)22(29)25-15-19-9-10-23-20(13-19)27-11-3-4-12-27/h5-10,13H,3-4,11-12,14-16H2,1-2H3,(H,24,28)(H,25,29). The molecular formula is C22H29N5O2. The molecule has 0 radical (unpaired) electrons. The Hall–Kier alpha value is -2.93. The van der Waals surface area contributed by atoms with Gasteiger partial charge in [0.2, 0.25) is 0 Å². The van der Waals surface area contributed by atoms with Gasteiger partial charge in [-0.3, -0.25) is 9.59 Å². The summed E-state index contributed by atoms with van der Waals surface area (Å²) >= 11 is 0. The van der Waals surface area contributed by atoms with Crippen LogP contribution in [0.2, 0.25) is 0 Å². The number of carbonyl (C=O) groups is 2. The summed E-state index contributed by atoms with van der Waals surface area (Å²) in [5, 5.41) is 5.35. The van der Waals surface area contributed by atoms with E-state index < -0.39 is 11.8 Å². The second-order valence-electron chi connectivity index (χ2n) is 7.64. The van der Waals surface area contributed by atoms with Crippen LogP contribution >= 0.6 is 0 Å². The number of carbonyl (C=O) groups excluding carboxylic acids is 2. The highest BCUT2D eigenvalue weighted by Crippen LogP contribution is 2.18. The van der Waals surface area contributed by atoms with Gasteiger partial charge >= 0.3 is 11.8 Å². The number of rotatable bonds is 7. The molecule has 1 aromatic heterocycles. The van der Waals surface area contributed by atoms with Gasteiger partial charge in [-0.1, -0.05) is 24.3 Å². The van der Waals surface area contributed by atoms with Crippen LogP contribution in [0, 0.1) is 0 Å². The van der Waals surface area contributed by atoms with Gasteiger partial charge in [-0.2, -0.15) is 0 Å². The zero-order chi connectivity index (χ0) is 20.6. The molecule has 7 nitrogen and oxygen atoms in total. The minimum Gasteiger partial charge on any atom is -0.357 e. The van der Waals surface area contributed by atoms with Crippen LogP contribution in [0.15, 0.2) is 42.6 Å². The number of aromatic nitrogens is 1. The van der Waals surface area contributed by atoms with Crippen molar-refractivity contribution in [2.24, 2.45) is 0 Å². The summed E-state index contributed by atoms with van der Waals surface area (Å²) < 4.78 is 0. The van der Waals surface area contributed by atoms with Gasteiger partial charge in [0.25, 0.3) is 0 Å². The molecule has 0 aliphatic carbocycles. The second kappa shape index (κ2) is 10.0. The zero-order valence-electron chi connectivity index (χ0n) is 17.1. The third kappa shape index (κ3) is 6.29. The Balaban J connectivity index is 1.44. The molecular weight excluding hydrogens is 366 g/mol. The molecule has 1 aromatic carbocycles.